The molecule has 0 radical (unpaired) electrons. The lowest BCUT2D eigenvalue weighted by Gasteiger charge is -2.09. The molecular weight excluding hydrogens is 397 g/mol. The Kier molecular flexibility index (Phi) is 6.24. The molecule has 2 aromatic carbocycles. The van der Waals surface area contributed by atoms with E-state index in [0.717, 1.165) is 6.07 Å². The van der Waals surface area contributed by atoms with Crippen LogP contribution >= 0.6 is 15.9 Å². The highest BCUT2D eigenvalue weighted by Gasteiger charge is 2.18. The van der Waals surface area contributed by atoms with Gasteiger partial charge in [0, 0.05) is 4.47 Å². The van der Waals surface area contributed by atoms with Crippen LogP contribution in [0.3, 0.4) is 0 Å². The first-order valence-corrected chi connectivity index (χ1v) is 7.81. The fourth-order valence-corrected chi connectivity index (χ4v) is 2.33. The quantitative estimate of drug-likeness (QED) is 0.767. The molecule has 130 valence electrons. The lowest BCUT2D eigenvalue weighted by atomic mass is 10.2. The van der Waals surface area contributed by atoms with Gasteiger partial charge in [-0.25, -0.2) is 9.18 Å². The maximum absolute atomic E-state index is 13.2. The summed E-state index contributed by atoms with van der Waals surface area (Å²) in [7, 11) is 1.40. The molecule has 0 saturated carbocycles. The van der Waals surface area contributed by atoms with Crippen LogP contribution in [0.5, 0.6) is 5.75 Å². The van der Waals surface area contributed by atoms with Crippen LogP contribution in [0.1, 0.15) is 20.7 Å². The Morgan fingerprint density at radius 3 is 2.56 bits per heavy atom. The van der Waals surface area contributed by atoms with Crippen molar-refractivity contribution in [1.29, 1.82) is 0 Å². The Labute approximate surface area is 151 Å². The minimum Gasteiger partial charge on any atom is -0.496 e. The fraction of sp³-hybridized carbons (Fsp3) is 0.118. The maximum Gasteiger partial charge on any atom is 0.339 e. The monoisotopic (exact) mass is 409 g/mol. The molecule has 0 aromatic heterocycles. The van der Waals surface area contributed by atoms with Crippen LogP contribution in [-0.4, -0.2) is 31.5 Å². The molecule has 1 N–H and O–H groups in total. The second kappa shape index (κ2) is 8.39. The summed E-state index contributed by atoms with van der Waals surface area (Å²) < 4.78 is 23.3. The van der Waals surface area contributed by atoms with Crippen LogP contribution < -0.4 is 10.1 Å². The van der Waals surface area contributed by atoms with Crippen LogP contribution in [-0.2, 0) is 9.53 Å². The SMILES string of the molecule is COc1ccccc1C(=O)NC(=O)COC(=O)c1cc(F)ccc1Br. The molecule has 0 heterocycles. The molecule has 6 nitrogen and oxygen atoms in total. The zero-order valence-corrected chi connectivity index (χ0v) is 14.6. The predicted molar refractivity (Wildman–Crippen MR) is 89.8 cm³/mol. The van der Waals surface area contributed by atoms with E-state index >= 15 is 0 Å². The molecule has 0 aliphatic heterocycles. The van der Waals surface area contributed by atoms with Crippen molar-refractivity contribution < 1.29 is 28.2 Å². The summed E-state index contributed by atoms with van der Waals surface area (Å²) in [6, 6.07) is 9.83. The first-order valence-electron chi connectivity index (χ1n) is 7.01. The number of hydrogen-bond acceptors (Lipinski definition) is 5. The molecule has 0 saturated heterocycles. The molecule has 8 heteroatoms. The van der Waals surface area contributed by atoms with Crippen molar-refractivity contribution in [3.8, 4) is 5.75 Å². The first-order chi connectivity index (χ1) is 11.9. The minimum absolute atomic E-state index is 0.0659. The summed E-state index contributed by atoms with van der Waals surface area (Å²) >= 11 is 3.09. The Morgan fingerprint density at radius 2 is 1.84 bits per heavy atom. The average molecular weight is 410 g/mol. The lowest BCUT2D eigenvalue weighted by molar-refractivity contribution is -0.123. The number of benzene rings is 2. The van der Waals surface area contributed by atoms with Crippen LogP contribution in [0, 0.1) is 5.82 Å². The zero-order valence-electron chi connectivity index (χ0n) is 13.0. The third-order valence-electron chi connectivity index (χ3n) is 3.09. The zero-order chi connectivity index (χ0) is 18.4. The molecule has 0 unspecified atom stereocenters. The van der Waals surface area contributed by atoms with Crippen LogP contribution in [0.15, 0.2) is 46.9 Å². The van der Waals surface area contributed by atoms with E-state index in [4.69, 9.17) is 9.47 Å². The third kappa shape index (κ3) is 4.87. The van der Waals surface area contributed by atoms with Gasteiger partial charge in [-0.1, -0.05) is 12.1 Å². The Hall–Kier alpha value is -2.74. The smallest absolute Gasteiger partial charge is 0.339 e. The molecule has 0 fully saturated rings. The summed E-state index contributed by atoms with van der Waals surface area (Å²) in [6.07, 6.45) is 0. The van der Waals surface area contributed by atoms with Gasteiger partial charge in [0.1, 0.15) is 11.6 Å². The van der Waals surface area contributed by atoms with Crippen molar-refractivity contribution in [2.24, 2.45) is 0 Å². The topological polar surface area (TPSA) is 81.7 Å². The van der Waals surface area contributed by atoms with Crippen molar-refractivity contribution in [2.75, 3.05) is 13.7 Å². The van der Waals surface area contributed by atoms with Crippen molar-refractivity contribution in [1.82, 2.24) is 5.32 Å². The van der Waals surface area contributed by atoms with Crippen molar-refractivity contribution in [3.63, 3.8) is 0 Å². The van der Waals surface area contributed by atoms with Gasteiger partial charge in [0.2, 0.25) is 0 Å². The number of halogens is 2. The van der Waals surface area contributed by atoms with Crippen LogP contribution in [0.2, 0.25) is 0 Å². The maximum atomic E-state index is 13.2. The molecule has 0 aliphatic rings. The summed E-state index contributed by atoms with van der Waals surface area (Å²) in [5.74, 6) is -2.73. The van der Waals surface area contributed by atoms with E-state index in [0.29, 0.717) is 10.2 Å². The summed E-state index contributed by atoms with van der Waals surface area (Å²) in [4.78, 5) is 35.7. The Morgan fingerprint density at radius 1 is 1.12 bits per heavy atom. The van der Waals surface area contributed by atoms with Gasteiger partial charge >= 0.3 is 5.97 Å². The average Bonchev–Trinajstić information content (AvgIpc) is 2.61. The van der Waals surface area contributed by atoms with E-state index < -0.39 is 30.2 Å². The Balaban J connectivity index is 1.95. The van der Waals surface area contributed by atoms with Crippen molar-refractivity contribution in [3.05, 3.63) is 63.9 Å². The van der Waals surface area contributed by atoms with Gasteiger partial charge in [-0.05, 0) is 46.3 Å². The van der Waals surface area contributed by atoms with E-state index in [-0.39, 0.29) is 11.1 Å². The lowest BCUT2D eigenvalue weighted by Crippen LogP contribution is -2.34. The Bertz CT molecular complexity index is 824. The molecule has 0 spiro atoms. The third-order valence-corrected chi connectivity index (χ3v) is 3.78. The number of methoxy groups -OCH3 is 1. The molecule has 2 amide bonds. The fourth-order valence-electron chi connectivity index (χ4n) is 1.93. The standard InChI is InChI=1S/C17H13BrFNO5/c1-24-14-5-3-2-4-11(14)16(22)20-15(21)9-25-17(23)12-8-10(19)6-7-13(12)18/h2-8H,9H2,1H3,(H,20,21,22). The molecule has 0 aliphatic carbocycles. The first kappa shape index (κ1) is 18.6. The second-order valence-corrected chi connectivity index (χ2v) is 5.63. The normalized spacial score (nSPS) is 10.0. The second-order valence-electron chi connectivity index (χ2n) is 4.78. The van der Waals surface area contributed by atoms with Crippen LogP contribution in [0.4, 0.5) is 4.39 Å². The molecule has 2 rings (SSSR count). The van der Waals surface area contributed by atoms with Gasteiger partial charge in [0.25, 0.3) is 11.8 Å². The summed E-state index contributed by atoms with van der Waals surface area (Å²) in [5.41, 5.74) is 0.0985. The number of carbonyl (C=O) groups excluding carboxylic acids is 3. The van der Waals surface area contributed by atoms with E-state index in [1.807, 2.05) is 0 Å². The number of imide groups is 1. The van der Waals surface area contributed by atoms with Gasteiger partial charge in [0.15, 0.2) is 6.61 Å². The van der Waals surface area contributed by atoms with E-state index in [9.17, 15) is 18.8 Å². The number of para-hydroxylation sites is 1. The number of rotatable bonds is 5. The highest BCUT2D eigenvalue weighted by atomic mass is 79.9. The number of carbonyl (C=O) groups is 3. The summed E-state index contributed by atoms with van der Waals surface area (Å²) in [5, 5.41) is 2.08. The van der Waals surface area contributed by atoms with Crippen molar-refractivity contribution >= 4 is 33.7 Å². The number of amides is 2. The van der Waals surface area contributed by atoms with Gasteiger partial charge in [-0.3, -0.25) is 14.9 Å². The number of ether oxygens (including phenoxy) is 2. The van der Waals surface area contributed by atoms with Gasteiger partial charge in [0.05, 0.1) is 18.2 Å². The highest BCUT2D eigenvalue weighted by molar-refractivity contribution is 9.10. The van der Waals surface area contributed by atoms with Crippen molar-refractivity contribution in [2.45, 2.75) is 0 Å². The number of esters is 1. The molecule has 2 aromatic rings. The number of hydrogen-bond donors (Lipinski definition) is 1. The molecule has 0 bridgehead atoms. The van der Waals surface area contributed by atoms with Gasteiger partial charge < -0.3 is 9.47 Å². The highest BCUT2D eigenvalue weighted by Crippen LogP contribution is 2.19. The predicted octanol–water partition coefficient (Wildman–Crippen LogP) is 2.71. The summed E-state index contributed by atoms with van der Waals surface area (Å²) in [6.45, 7) is -0.692. The number of nitrogens with one attached hydrogen (secondary N) is 1. The molecule has 25 heavy (non-hydrogen) atoms. The van der Waals surface area contributed by atoms with Gasteiger partial charge in [-0.15, -0.1) is 0 Å². The van der Waals surface area contributed by atoms with E-state index in [1.165, 1.54) is 25.3 Å². The van der Waals surface area contributed by atoms with E-state index in [1.54, 1.807) is 18.2 Å². The molecular formula is C17H13BrFNO5. The largest absolute Gasteiger partial charge is 0.496 e. The van der Waals surface area contributed by atoms with Crippen LogP contribution in [0.25, 0.3) is 0 Å². The molecule has 0 atom stereocenters. The van der Waals surface area contributed by atoms with Gasteiger partial charge in [-0.2, -0.15) is 0 Å². The van der Waals surface area contributed by atoms with E-state index in [2.05, 4.69) is 21.2 Å². The minimum atomic E-state index is -0.897.